The quantitative estimate of drug-likeness (QED) is 0.830. The standard InChI is InChI=1S/C15H26N4O/c1-6-19(10(2)9-20-5)15-11(3)13(16-4)17-14(18-15)12-7-8-12/h10,12H,6-9H2,1-5H3,(H,16,17,18). The molecule has 0 aliphatic heterocycles. The van der Waals surface area contributed by atoms with E-state index in [2.05, 4.69) is 36.0 Å². The van der Waals surface area contributed by atoms with Crippen LogP contribution in [0.5, 0.6) is 0 Å². The third kappa shape index (κ3) is 3.03. The van der Waals surface area contributed by atoms with Crippen LogP contribution in [0.1, 0.15) is 44.0 Å². The molecule has 0 aromatic carbocycles. The predicted octanol–water partition coefficient (Wildman–Crippen LogP) is 2.57. The first-order valence-corrected chi connectivity index (χ1v) is 7.44. The summed E-state index contributed by atoms with van der Waals surface area (Å²) in [7, 11) is 3.66. The largest absolute Gasteiger partial charge is 0.383 e. The maximum atomic E-state index is 5.29. The van der Waals surface area contributed by atoms with Crippen molar-refractivity contribution in [2.24, 2.45) is 0 Å². The maximum absolute atomic E-state index is 5.29. The summed E-state index contributed by atoms with van der Waals surface area (Å²) in [6.07, 6.45) is 2.43. The fraction of sp³-hybridized carbons (Fsp3) is 0.733. The van der Waals surface area contributed by atoms with Crippen molar-refractivity contribution in [2.75, 3.05) is 37.5 Å². The smallest absolute Gasteiger partial charge is 0.137 e. The van der Waals surface area contributed by atoms with E-state index in [1.54, 1.807) is 7.11 Å². The summed E-state index contributed by atoms with van der Waals surface area (Å²) in [5.74, 6) is 3.52. The monoisotopic (exact) mass is 278 g/mol. The molecule has 1 aliphatic carbocycles. The van der Waals surface area contributed by atoms with Crippen LogP contribution in [0.15, 0.2) is 0 Å². The molecule has 1 unspecified atom stereocenters. The van der Waals surface area contributed by atoms with Gasteiger partial charge in [-0.1, -0.05) is 0 Å². The molecule has 0 spiro atoms. The van der Waals surface area contributed by atoms with E-state index in [1.165, 1.54) is 12.8 Å². The molecule has 1 saturated carbocycles. The molecule has 1 aromatic heterocycles. The van der Waals surface area contributed by atoms with Gasteiger partial charge in [0, 0.05) is 32.2 Å². The lowest BCUT2D eigenvalue weighted by Gasteiger charge is -2.30. The van der Waals surface area contributed by atoms with Gasteiger partial charge in [-0.15, -0.1) is 0 Å². The summed E-state index contributed by atoms with van der Waals surface area (Å²) in [5, 5.41) is 3.20. The van der Waals surface area contributed by atoms with Gasteiger partial charge in [-0.3, -0.25) is 0 Å². The van der Waals surface area contributed by atoms with Crippen LogP contribution in [-0.2, 0) is 4.74 Å². The molecule has 0 saturated heterocycles. The Morgan fingerprint density at radius 3 is 2.60 bits per heavy atom. The van der Waals surface area contributed by atoms with Crippen molar-refractivity contribution in [1.29, 1.82) is 0 Å². The number of ether oxygens (including phenoxy) is 1. The molecule has 1 N–H and O–H groups in total. The van der Waals surface area contributed by atoms with E-state index >= 15 is 0 Å². The lowest BCUT2D eigenvalue weighted by atomic mass is 10.2. The number of aromatic nitrogens is 2. The molecule has 20 heavy (non-hydrogen) atoms. The highest BCUT2D eigenvalue weighted by Crippen LogP contribution is 2.40. The minimum Gasteiger partial charge on any atom is -0.383 e. The number of hydrogen-bond acceptors (Lipinski definition) is 5. The lowest BCUT2D eigenvalue weighted by Crippen LogP contribution is -2.37. The van der Waals surface area contributed by atoms with Crippen LogP contribution in [0.4, 0.5) is 11.6 Å². The second kappa shape index (κ2) is 6.39. The van der Waals surface area contributed by atoms with Gasteiger partial charge in [0.25, 0.3) is 0 Å². The van der Waals surface area contributed by atoms with Crippen molar-refractivity contribution in [1.82, 2.24) is 9.97 Å². The Morgan fingerprint density at radius 1 is 1.40 bits per heavy atom. The molecule has 1 heterocycles. The molecule has 1 aliphatic rings. The van der Waals surface area contributed by atoms with Crippen LogP contribution in [0.2, 0.25) is 0 Å². The van der Waals surface area contributed by atoms with Crippen molar-refractivity contribution >= 4 is 11.6 Å². The summed E-state index contributed by atoms with van der Waals surface area (Å²) in [5.41, 5.74) is 1.11. The first kappa shape index (κ1) is 15.0. The summed E-state index contributed by atoms with van der Waals surface area (Å²) in [4.78, 5) is 11.8. The van der Waals surface area contributed by atoms with Gasteiger partial charge in [-0.2, -0.15) is 0 Å². The normalized spacial score (nSPS) is 16.1. The highest BCUT2D eigenvalue weighted by Gasteiger charge is 2.29. The molecule has 1 aromatic rings. The topological polar surface area (TPSA) is 50.3 Å². The highest BCUT2D eigenvalue weighted by molar-refractivity contribution is 5.59. The molecule has 2 rings (SSSR count). The average Bonchev–Trinajstić information content (AvgIpc) is 3.26. The second-order valence-corrected chi connectivity index (χ2v) is 5.49. The SMILES string of the molecule is CCN(c1nc(C2CC2)nc(NC)c1C)C(C)COC. The second-order valence-electron chi connectivity index (χ2n) is 5.49. The van der Waals surface area contributed by atoms with Gasteiger partial charge in [-0.05, 0) is 33.6 Å². The highest BCUT2D eigenvalue weighted by atomic mass is 16.5. The third-order valence-electron chi connectivity index (χ3n) is 3.87. The molecule has 1 atom stereocenters. The first-order valence-electron chi connectivity index (χ1n) is 7.44. The number of nitrogens with one attached hydrogen (secondary N) is 1. The van der Waals surface area contributed by atoms with Gasteiger partial charge in [0.05, 0.1) is 12.6 Å². The van der Waals surface area contributed by atoms with E-state index in [4.69, 9.17) is 9.72 Å². The zero-order valence-electron chi connectivity index (χ0n) is 13.2. The molecule has 112 valence electrons. The van der Waals surface area contributed by atoms with Crippen molar-refractivity contribution in [3.63, 3.8) is 0 Å². The summed E-state index contributed by atoms with van der Waals surface area (Å²) >= 11 is 0. The Kier molecular flexibility index (Phi) is 4.81. The third-order valence-corrected chi connectivity index (χ3v) is 3.87. The van der Waals surface area contributed by atoms with Crippen LogP contribution in [0, 0.1) is 6.92 Å². The van der Waals surface area contributed by atoms with E-state index in [0.717, 1.165) is 29.6 Å². The van der Waals surface area contributed by atoms with Crippen molar-refractivity contribution in [3.8, 4) is 0 Å². The zero-order valence-corrected chi connectivity index (χ0v) is 13.2. The van der Waals surface area contributed by atoms with Crippen molar-refractivity contribution in [3.05, 3.63) is 11.4 Å². The van der Waals surface area contributed by atoms with Gasteiger partial charge >= 0.3 is 0 Å². The molecule has 1 fully saturated rings. The zero-order chi connectivity index (χ0) is 14.7. The molecule has 5 nitrogen and oxygen atoms in total. The molecule has 5 heteroatoms. The van der Waals surface area contributed by atoms with Gasteiger partial charge in [0.1, 0.15) is 17.5 Å². The van der Waals surface area contributed by atoms with E-state index < -0.39 is 0 Å². The number of rotatable bonds is 7. The Hall–Kier alpha value is -1.36. The molecule has 0 amide bonds. The summed E-state index contributed by atoms with van der Waals surface area (Å²) in [6, 6.07) is 0.301. The fourth-order valence-corrected chi connectivity index (χ4v) is 2.57. The number of hydrogen-bond donors (Lipinski definition) is 1. The molecular weight excluding hydrogens is 252 g/mol. The van der Waals surface area contributed by atoms with E-state index in [1.807, 2.05) is 7.05 Å². The van der Waals surface area contributed by atoms with Crippen LogP contribution in [0.25, 0.3) is 0 Å². The minimum absolute atomic E-state index is 0.301. The fourth-order valence-electron chi connectivity index (χ4n) is 2.57. The Bertz CT molecular complexity index is 459. The van der Waals surface area contributed by atoms with E-state index in [-0.39, 0.29) is 0 Å². The minimum atomic E-state index is 0.301. The summed E-state index contributed by atoms with van der Waals surface area (Å²) < 4.78 is 5.29. The van der Waals surface area contributed by atoms with Crippen molar-refractivity contribution < 1.29 is 4.74 Å². The lowest BCUT2D eigenvalue weighted by molar-refractivity contribution is 0.181. The predicted molar refractivity (Wildman–Crippen MR) is 82.6 cm³/mol. The average molecular weight is 278 g/mol. The summed E-state index contributed by atoms with van der Waals surface area (Å²) in [6.45, 7) is 8.02. The van der Waals surface area contributed by atoms with Crippen LogP contribution < -0.4 is 10.2 Å². The van der Waals surface area contributed by atoms with Crippen LogP contribution in [0.3, 0.4) is 0 Å². The van der Waals surface area contributed by atoms with E-state index in [0.29, 0.717) is 18.6 Å². The van der Waals surface area contributed by atoms with Gasteiger partial charge in [0.15, 0.2) is 0 Å². The number of likely N-dealkylation sites (N-methyl/N-ethyl adjacent to an activating group) is 1. The van der Waals surface area contributed by atoms with Crippen molar-refractivity contribution in [2.45, 2.75) is 45.6 Å². The van der Waals surface area contributed by atoms with Gasteiger partial charge in [0.2, 0.25) is 0 Å². The number of nitrogens with zero attached hydrogens (tertiary/aromatic N) is 3. The Labute approximate surface area is 121 Å². The molecule has 0 radical (unpaired) electrons. The van der Waals surface area contributed by atoms with Gasteiger partial charge in [-0.25, -0.2) is 9.97 Å². The molecule has 0 bridgehead atoms. The first-order chi connectivity index (χ1) is 9.62. The number of methoxy groups -OCH3 is 1. The maximum Gasteiger partial charge on any atom is 0.137 e. The van der Waals surface area contributed by atoms with Crippen LogP contribution >= 0.6 is 0 Å². The Balaban J connectivity index is 2.38. The Morgan fingerprint density at radius 2 is 2.10 bits per heavy atom. The number of anilines is 2. The van der Waals surface area contributed by atoms with E-state index in [9.17, 15) is 0 Å². The molecular formula is C15H26N4O. The van der Waals surface area contributed by atoms with Gasteiger partial charge < -0.3 is 15.0 Å². The van der Waals surface area contributed by atoms with Crippen LogP contribution in [-0.4, -0.2) is 43.3 Å².